The van der Waals surface area contributed by atoms with Crippen LogP contribution in [0.25, 0.3) is 11.4 Å². The summed E-state index contributed by atoms with van der Waals surface area (Å²) in [5, 5.41) is 10.8. The largest absolute Gasteiger partial charge is 0.382 e. The number of thioether (sulfide) groups is 1. The predicted octanol–water partition coefficient (Wildman–Crippen LogP) is 2.08. The fourth-order valence-electron chi connectivity index (χ4n) is 2.56. The Morgan fingerprint density at radius 3 is 2.61 bits per heavy atom. The standard InChI is InChI=1S/C18H26N6O3S/c1-4-27-11-5-10-24-15(13-6-8-20-9-7-13)22-23-18(24)28-14(12(2)3)16(25)21-17(19)26/h6-9,12,14H,4-5,10-11H2,1-3H3,(H3,19,21,25,26)/t14-/m1/s1. The molecule has 2 aromatic heterocycles. The molecule has 0 aromatic carbocycles. The zero-order valence-electron chi connectivity index (χ0n) is 16.3. The number of amides is 3. The SMILES string of the molecule is CCOCCCn1c(S[C@@H](C(=O)NC(N)=O)C(C)C)nnc1-c1ccncc1. The van der Waals surface area contributed by atoms with Gasteiger partial charge in [-0.2, -0.15) is 0 Å². The minimum absolute atomic E-state index is 0.0395. The van der Waals surface area contributed by atoms with Crippen LogP contribution in [0.4, 0.5) is 4.79 Å². The summed E-state index contributed by atoms with van der Waals surface area (Å²) in [4.78, 5) is 27.5. The molecule has 2 rings (SSSR count). The molecule has 0 saturated carbocycles. The molecule has 0 bridgehead atoms. The third-order valence-corrected chi connectivity index (χ3v) is 5.40. The first-order valence-electron chi connectivity index (χ1n) is 9.12. The number of carbonyl (C=O) groups is 2. The van der Waals surface area contributed by atoms with E-state index in [2.05, 4.69) is 20.5 Å². The molecule has 3 amide bonds. The quantitative estimate of drug-likeness (QED) is 0.457. The maximum absolute atomic E-state index is 12.4. The van der Waals surface area contributed by atoms with E-state index in [1.807, 2.05) is 37.5 Å². The van der Waals surface area contributed by atoms with Crippen molar-refractivity contribution in [2.75, 3.05) is 13.2 Å². The highest BCUT2D eigenvalue weighted by molar-refractivity contribution is 8.00. The number of imide groups is 1. The summed E-state index contributed by atoms with van der Waals surface area (Å²) in [6.45, 7) is 7.66. The van der Waals surface area contributed by atoms with Gasteiger partial charge in [-0.25, -0.2) is 4.79 Å². The van der Waals surface area contributed by atoms with Crippen LogP contribution in [0.1, 0.15) is 27.2 Å². The highest BCUT2D eigenvalue weighted by Gasteiger charge is 2.27. The van der Waals surface area contributed by atoms with Crippen molar-refractivity contribution >= 4 is 23.7 Å². The average Bonchev–Trinajstić information content (AvgIpc) is 3.05. The number of hydrogen-bond donors (Lipinski definition) is 2. The van der Waals surface area contributed by atoms with Crippen molar-refractivity contribution in [1.29, 1.82) is 0 Å². The van der Waals surface area contributed by atoms with Gasteiger partial charge in [0.1, 0.15) is 0 Å². The van der Waals surface area contributed by atoms with Gasteiger partial charge in [-0.1, -0.05) is 25.6 Å². The van der Waals surface area contributed by atoms with E-state index in [-0.39, 0.29) is 5.92 Å². The molecule has 28 heavy (non-hydrogen) atoms. The molecule has 0 aliphatic rings. The minimum Gasteiger partial charge on any atom is -0.382 e. The highest BCUT2D eigenvalue weighted by Crippen LogP contribution is 2.30. The van der Waals surface area contributed by atoms with Crippen LogP contribution in [0.5, 0.6) is 0 Å². The fraction of sp³-hybridized carbons (Fsp3) is 0.500. The Kier molecular flexibility index (Phi) is 8.40. The van der Waals surface area contributed by atoms with Crippen molar-refractivity contribution < 1.29 is 14.3 Å². The maximum atomic E-state index is 12.4. The van der Waals surface area contributed by atoms with Crippen LogP contribution in [0.15, 0.2) is 29.7 Å². The number of primary amides is 1. The Labute approximate surface area is 168 Å². The van der Waals surface area contributed by atoms with E-state index in [4.69, 9.17) is 10.5 Å². The van der Waals surface area contributed by atoms with E-state index in [0.717, 1.165) is 12.0 Å². The van der Waals surface area contributed by atoms with Crippen molar-refractivity contribution in [1.82, 2.24) is 25.1 Å². The number of rotatable bonds is 10. The molecule has 0 unspecified atom stereocenters. The molecular formula is C18H26N6O3S. The lowest BCUT2D eigenvalue weighted by molar-refractivity contribution is -0.120. The molecule has 2 heterocycles. The smallest absolute Gasteiger partial charge is 0.318 e. The number of nitrogens with zero attached hydrogens (tertiary/aromatic N) is 4. The van der Waals surface area contributed by atoms with Crippen molar-refractivity contribution in [2.24, 2.45) is 11.7 Å². The summed E-state index contributed by atoms with van der Waals surface area (Å²) in [6.07, 6.45) is 4.16. The molecule has 0 radical (unpaired) electrons. The van der Waals surface area contributed by atoms with Gasteiger partial charge in [0.15, 0.2) is 11.0 Å². The number of nitrogens with one attached hydrogen (secondary N) is 1. The molecule has 3 N–H and O–H groups in total. The van der Waals surface area contributed by atoms with E-state index in [1.165, 1.54) is 11.8 Å². The average molecular weight is 407 g/mol. The van der Waals surface area contributed by atoms with Crippen LogP contribution in [-0.2, 0) is 16.1 Å². The fourth-order valence-corrected chi connectivity index (χ4v) is 3.62. The van der Waals surface area contributed by atoms with Crippen molar-refractivity contribution in [3.63, 3.8) is 0 Å². The number of aromatic nitrogens is 4. The Morgan fingerprint density at radius 2 is 2.00 bits per heavy atom. The summed E-state index contributed by atoms with van der Waals surface area (Å²) in [5.41, 5.74) is 5.98. The first kappa shape index (κ1) is 21.8. The normalized spacial score (nSPS) is 12.1. The van der Waals surface area contributed by atoms with Crippen LogP contribution >= 0.6 is 11.8 Å². The number of pyridine rings is 1. The highest BCUT2D eigenvalue weighted by atomic mass is 32.2. The van der Waals surface area contributed by atoms with E-state index in [0.29, 0.717) is 30.7 Å². The summed E-state index contributed by atoms with van der Waals surface area (Å²) in [5.74, 6) is 0.211. The van der Waals surface area contributed by atoms with E-state index < -0.39 is 17.2 Å². The molecule has 0 spiro atoms. The van der Waals surface area contributed by atoms with Crippen LogP contribution in [-0.4, -0.2) is 50.2 Å². The van der Waals surface area contributed by atoms with Gasteiger partial charge in [0.05, 0.1) is 5.25 Å². The first-order valence-corrected chi connectivity index (χ1v) is 10.00. The van der Waals surface area contributed by atoms with Gasteiger partial charge in [0, 0.05) is 37.7 Å². The van der Waals surface area contributed by atoms with Crippen molar-refractivity contribution in [3.05, 3.63) is 24.5 Å². The zero-order valence-corrected chi connectivity index (χ0v) is 17.1. The second kappa shape index (κ2) is 10.8. The second-order valence-electron chi connectivity index (χ2n) is 6.38. The van der Waals surface area contributed by atoms with E-state index in [1.54, 1.807) is 12.4 Å². The summed E-state index contributed by atoms with van der Waals surface area (Å²) in [7, 11) is 0. The maximum Gasteiger partial charge on any atom is 0.318 e. The van der Waals surface area contributed by atoms with Gasteiger partial charge >= 0.3 is 6.03 Å². The Hall–Kier alpha value is -2.46. The number of hydrogen-bond acceptors (Lipinski definition) is 7. The lowest BCUT2D eigenvalue weighted by atomic mass is 10.1. The third-order valence-electron chi connectivity index (χ3n) is 3.87. The summed E-state index contributed by atoms with van der Waals surface area (Å²) < 4.78 is 7.40. The van der Waals surface area contributed by atoms with Crippen LogP contribution < -0.4 is 11.1 Å². The molecule has 9 nitrogen and oxygen atoms in total. The lowest BCUT2D eigenvalue weighted by Gasteiger charge is -2.19. The number of urea groups is 1. The van der Waals surface area contributed by atoms with Crippen molar-refractivity contribution in [2.45, 2.75) is 44.1 Å². The number of ether oxygens (including phenoxy) is 1. The molecule has 0 saturated heterocycles. The molecule has 0 aliphatic carbocycles. The second-order valence-corrected chi connectivity index (χ2v) is 7.49. The molecule has 10 heteroatoms. The zero-order chi connectivity index (χ0) is 20.5. The Morgan fingerprint density at radius 1 is 1.29 bits per heavy atom. The molecule has 0 fully saturated rings. The summed E-state index contributed by atoms with van der Waals surface area (Å²) >= 11 is 1.27. The van der Waals surface area contributed by atoms with E-state index in [9.17, 15) is 9.59 Å². The Balaban J connectivity index is 2.29. The molecular weight excluding hydrogens is 380 g/mol. The lowest BCUT2D eigenvalue weighted by Crippen LogP contribution is -2.42. The topological polar surface area (TPSA) is 125 Å². The molecule has 1 atom stereocenters. The number of nitrogens with two attached hydrogens (primary N) is 1. The minimum atomic E-state index is -0.869. The van der Waals surface area contributed by atoms with Crippen LogP contribution in [0.3, 0.4) is 0 Å². The monoisotopic (exact) mass is 406 g/mol. The van der Waals surface area contributed by atoms with E-state index >= 15 is 0 Å². The Bertz CT molecular complexity index is 781. The van der Waals surface area contributed by atoms with Crippen LogP contribution in [0, 0.1) is 5.92 Å². The van der Waals surface area contributed by atoms with Gasteiger partial charge in [-0.15, -0.1) is 10.2 Å². The third kappa shape index (κ3) is 6.03. The van der Waals surface area contributed by atoms with Gasteiger partial charge in [-0.3, -0.25) is 15.1 Å². The first-order chi connectivity index (χ1) is 13.4. The van der Waals surface area contributed by atoms with Gasteiger partial charge < -0.3 is 15.0 Å². The molecule has 2 aromatic rings. The summed E-state index contributed by atoms with van der Waals surface area (Å²) in [6, 6.07) is 2.85. The van der Waals surface area contributed by atoms with Gasteiger partial charge in [0.25, 0.3) is 0 Å². The number of carbonyl (C=O) groups excluding carboxylic acids is 2. The van der Waals surface area contributed by atoms with Gasteiger partial charge in [-0.05, 0) is 31.4 Å². The van der Waals surface area contributed by atoms with Crippen molar-refractivity contribution in [3.8, 4) is 11.4 Å². The van der Waals surface area contributed by atoms with Gasteiger partial charge in [0.2, 0.25) is 5.91 Å². The predicted molar refractivity (Wildman–Crippen MR) is 107 cm³/mol. The molecule has 152 valence electrons. The molecule has 0 aliphatic heterocycles. The van der Waals surface area contributed by atoms with Crippen LogP contribution in [0.2, 0.25) is 0 Å².